The maximum absolute atomic E-state index is 12.2. The third kappa shape index (κ3) is 2.76. The van der Waals surface area contributed by atoms with Crippen LogP contribution in [0.25, 0.3) is 10.6 Å². The molecule has 0 saturated carbocycles. The Morgan fingerprint density at radius 1 is 1.55 bits per heavy atom. The van der Waals surface area contributed by atoms with Gasteiger partial charge in [0.2, 0.25) is 0 Å². The topological polar surface area (TPSA) is 69.8 Å². The third-order valence-corrected chi connectivity index (χ3v) is 4.64. The first-order chi connectivity index (χ1) is 9.74. The summed E-state index contributed by atoms with van der Waals surface area (Å²) in [4.78, 5) is 13.3. The number of nitrogens with one attached hydrogen (secondary N) is 3. The lowest BCUT2D eigenvalue weighted by molar-refractivity contribution is 0.0910. The Kier molecular flexibility index (Phi) is 3.84. The number of hydrogen-bond donors (Lipinski definition) is 3. The summed E-state index contributed by atoms with van der Waals surface area (Å²) in [6, 6.07) is 5.98. The van der Waals surface area contributed by atoms with Gasteiger partial charge in [0.25, 0.3) is 5.91 Å². The number of thiophene rings is 1. The lowest BCUT2D eigenvalue weighted by Crippen LogP contribution is -2.50. The zero-order valence-electron chi connectivity index (χ0n) is 11.3. The predicted molar refractivity (Wildman–Crippen MR) is 79.8 cm³/mol. The SMILES string of the molecule is CC1CCNCC1NC(=O)c1cc(-c2cccs2)[nH]n1. The minimum absolute atomic E-state index is 0.107. The van der Waals surface area contributed by atoms with Crippen molar-refractivity contribution in [1.29, 1.82) is 0 Å². The highest BCUT2D eigenvalue weighted by Crippen LogP contribution is 2.23. The first kappa shape index (κ1) is 13.3. The first-order valence-electron chi connectivity index (χ1n) is 6.85. The van der Waals surface area contributed by atoms with Crippen molar-refractivity contribution in [3.8, 4) is 10.6 Å². The number of carbonyl (C=O) groups excluding carboxylic acids is 1. The second-order valence-electron chi connectivity index (χ2n) is 5.19. The van der Waals surface area contributed by atoms with Gasteiger partial charge in [-0.3, -0.25) is 9.89 Å². The van der Waals surface area contributed by atoms with Gasteiger partial charge >= 0.3 is 0 Å². The molecule has 3 heterocycles. The molecule has 0 aliphatic carbocycles. The summed E-state index contributed by atoms with van der Waals surface area (Å²) in [5.41, 5.74) is 1.34. The smallest absolute Gasteiger partial charge is 0.272 e. The molecular formula is C14H18N4OS. The monoisotopic (exact) mass is 290 g/mol. The maximum atomic E-state index is 12.2. The van der Waals surface area contributed by atoms with E-state index in [1.165, 1.54) is 0 Å². The van der Waals surface area contributed by atoms with Gasteiger partial charge in [0.15, 0.2) is 5.69 Å². The first-order valence-corrected chi connectivity index (χ1v) is 7.73. The molecule has 2 aromatic heterocycles. The Morgan fingerprint density at radius 2 is 2.45 bits per heavy atom. The van der Waals surface area contributed by atoms with Crippen LogP contribution in [-0.2, 0) is 0 Å². The van der Waals surface area contributed by atoms with Gasteiger partial charge in [-0.05, 0) is 36.4 Å². The van der Waals surface area contributed by atoms with Crippen LogP contribution in [0.15, 0.2) is 23.6 Å². The minimum Gasteiger partial charge on any atom is -0.346 e. The molecule has 1 aliphatic heterocycles. The van der Waals surface area contributed by atoms with Crippen LogP contribution in [0.5, 0.6) is 0 Å². The number of H-pyrrole nitrogens is 1. The van der Waals surface area contributed by atoms with Crippen LogP contribution in [0.1, 0.15) is 23.8 Å². The van der Waals surface area contributed by atoms with E-state index in [2.05, 4.69) is 27.8 Å². The van der Waals surface area contributed by atoms with Crippen molar-refractivity contribution in [3.05, 3.63) is 29.3 Å². The van der Waals surface area contributed by atoms with Gasteiger partial charge in [-0.25, -0.2) is 0 Å². The van der Waals surface area contributed by atoms with Gasteiger partial charge in [-0.2, -0.15) is 5.10 Å². The quantitative estimate of drug-likeness (QED) is 0.808. The summed E-state index contributed by atoms with van der Waals surface area (Å²) in [5.74, 6) is 0.389. The molecule has 1 fully saturated rings. The fraction of sp³-hybridized carbons (Fsp3) is 0.429. The molecule has 1 saturated heterocycles. The summed E-state index contributed by atoms with van der Waals surface area (Å²) in [7, 11) is 0. The van der Waals surface area contributed by atoms with Crippen LogP contribution in [0.3, 0.4) is 0 Å². The molecule has 5 nitrogen and oxygen atoms in total. The Bertz CT molecular complexity index is 578. The molecule has 1 amide bonds. The van der Waals surface area contributed by atoms with Crippen LogP contribution in [0.2, 0.25) is 0 Å². The van der Waals surface area contributed by atoms with E-state index < -0.39 is 0 Å². The second-order valence-corrected chi connectivity index (χ2v) is 6.14. The summed E-state index contributed by atoms with van der Waals surface area (Å²) in [5, 5.41) is 15.4. The van der Waals surface area contributed by atoms with Crippen molar-refractivity contribution >= 4 is 17.2 Å². The molecule has 20 heavy (non-hydrogen) atoms. The molecule has 3 N–H and O–H groups in total. The second kappa shape index (κ2) is 5.76. The Labute approximate surface area is 121 Å². The summed E-state index contributed by atoms with van der Waals surface area (Å²) in [6.45, 7) is 4.03. The Hall–Kier alpha value is -1.66. The minimum atomic E-state index is -0.107. The van der Waals surface area contributed by atoms with E-state index in [9.17, 15) is 4.79 Å². The van der Waals surface area contributed by atoms with Crippen LogP contribution in [0.4, 0.5) is 0 Å². The number of rotatable bonds is 3. The number of aromatic nitrogens is 2. The van der Waals surface area contributed by atoms with E-state index in [0.29, 0.717) is 11.6 Å². The van der Waals surface area contributed by atoms with E-state index >= 15 is 0 Å². The summed E-state index contributed by atoms with van der Waals surface area (Å²) >= 11 is 1.62. The number of aromatic amines is 1. The molecule has 2 aromatic rings. The molecule has 106 valence electrons. The lowest BCUT2D eigenvalue weighted by atomic mass is 9.95. The highest BCUT2D eigenvalue weighted by molar-refractivity contribution is 7.13. The van der Waals surface area contributed by atoms with Gasteiger partial charge in [0.05, 0.1) is 10.6 Å². The molecule has 6 heteroatoms. The van der Waals surface area contributed by atoms with Gasteiger partial charge in [0, 0.05) is 12.6 Å². The largest absolute Gasteiger partial charge is 0.346 e. The van der Waals surface area contributed by atoms with Crippen molar-refractivity contribution in [1.82, 2.24) is 20.8 Å². The normalized spacial score (nSPS) is 22.6. The van der Waals surface area contributed by atoms with Gasteiger partial charge in [0.1, 0.15) is 0 Å². The Morgan fingerprint density at radius 3 is 3.20 bits per heavy atom. The van der Waals surface area contributed by atoms with E-state index in [4.69, 9.17) is 0 Å². The van der Waals surface area contributed by atoms with Gasteiger partial charge in [-0.15, -0.1) is 11.3 Å². The van der Waals surface area contributed by atoms with E-state index in [1.807, 2.05) is 23.6 Å². The zero-order valence-corrected chi connectivity index (χ0v) is 12.2. The predicted octanol–water partition coefficient (Wildman–Crippen LogP) is 1.87. The average molecular weight is 290 g/mol. The number of carbonyl (C=O) groups is 1. The molecule has 2 unspecified atom stereocenters. The van der Waals surface area contributed by atoms with Gasteiger partial charge in [-0.1, -0.05) is 13.0 Å². The zero-order chi connectivity index (χ0) is 13.9. The highest BCUT2D eigenvalue weighted by Gasteiger charge is 2.24. The molecule has 0 aromatic carbocycles. The third-order valence-electron chi connectivity index (χ3n) is 3.74. The standard InChI is InChI=1S/C14H18N4OS/c1-9-4-5-15-8-12(9)16-14(19)11-7-10(17-18-11)13-3-2-6-20-13/h2-3,6-7,9,12,15H,4-5,8H2,1H3,(H,16,19)(H,17,18). The molecule has 2 atom stereocenters. The lowest BCUT2D eigenvalue weighted by Gasteiger charge is -2.29. The molecular weight excluding hydrogens is 272 g/mol. The average Bonchev–Trinajstić information content (AvgIpc) is 3.11. The molecule has 0 bridgehead atoms. The van der Waals surface area contributed by atoms with Crippen LogP contribution in [0, 0.1) is 5.92 Å². The van der Waals surface area contributed by atoms with Crippen molar-refractivity contribution in [3.63, 3.8) is 0 Å². The fourth-order valence-corrected chi connectivity index (χ4v) is 3.11. The Balaban J connectivity index is 1.68. The molecule has 3 rings (SSSR count). The van der Waals surface area contributed by atoms with Crippen molar-refractivity contribution in [2.75, 3.05) is 13.1 Å². The van der Waals surface area contributed by atoms with Crippen LogP contribution < -0.4 is 10.6 Å². The molecule has 0 spiro atoms. The number of nitrogens with zero attached hydrogens (tertiary/aromatic N) is 1. The van der Waals surface area contributed by atoms with Crippen molar-refractivity contribution < 1.29 is 4.79 Å². The van der Waals surface area contributed by atoms with E-state index in [0.717, 1.165) is 30.1 Å². The number of hydrogen-bond acceptors (Lipinski definition) is 4. The molecule has 1 aliphatic rings. The van der Waals surface area contributed by atoms with E-state index in [-0.39, 0.29) is 11.9 Å². The molecule has 0 radical (unpaired) electrons. The van der Waals surface area contributed by atoms with Crippen molar-refractivity contribution in [2.24, 2.45) is 5.92 Å². The highest BCUT2D eigenvalue weighted by atomic mass is 32.1. The van der Waals surface area contributed by atoms with E-state index in [1.54, 1.807) is 11.3 Å². The van der Waals surface area contributed by atoms with Crippen LogP contribution in [-0.4, -0.2) is 35.2 Å². The van der Waals surface area contributed by atoms with Crippen molar-refractivity contribution in [2.45, 2.75) is 19.4 Å². The van der Waals surface area contributed by atoms with Crippen LogP contribution >= 0.6 is 11.3 Å². The number of piperidine rings is 1. The summed E-state index contributed by atoms with van der Waals surface area (Å²) in [6.07, 6.45) is 1.09. The fourth-order valence-electron chi connectivity index (χ4n) is 2.42. The maximum Gasteiger partial charge on any atom is 0.272 e. The summed E-state index contributed by atoms with van der Waals surface area (Å²) < 4.78 is 0. The number of amides is 1. The van der Waals surface area contributed by atoms with Gasteiger partial charge < -0.3 is 10.6 Å².